The van der Waals surface area contributed by atoms with Crippen molar-refractivity contribution in [2.24, 2.45) is 0 Å². The Kier molecular flexibility index (Phi) is 4.04. The van der Waals surface area contributed by atoms with Gasteiger partial charge in [0.1, 0.15) is 5.69 Å². The van der Waals surface area contributed by atoms with Crippen molar-refractivity contribution < 1.29 is 9.18 Å². The normalized spacial score (nSPS) is 12.4. The molecule has 100 valence electrons. The lowest BCUT2D eigenvalue weighted by Gasteiger charge is -2.08. The number of carbonyl (C=O) groups excluding carboxylic acids is 1. The molecule has 2 rings (SSSR count). The van der Waals surface area contributed by atoms with Crippen LogP contribution in [0.25, 0.3) is 0 Å². The number of aromatic nitrogens is 3. The van der Waals surface area contributed by atoms with E-state index in [1.165, 1.54) is 18.3 Å². The van der Waals surface area contributed by atoms with Gasteiger partial charge in [0.2, 0.25) is 0 Å². The molecular formula is C14H16FN3O. The first-order valence-electron chi connectivity index (χ1n) is 6.29. The van der Waals surface area contributed by atoms with Crippen LogP contribution in [0.1, 0.15) is 42.5 Å². The highest BCUT2D eigenvalue weighted by Crippen LogP contribution is 2.11. The van der Waals surface area contributed by atoms with E-state index in [9.17, 15) is 9.18 Å². The van der Waals surface area contributed by atoms with Gasteiger partial charge in [0.05, 0.1) is 12.1 Å². The van der Waals surface area contributed by atoms with Crippen LogP contribution in [0, 0.1) is 5.82 Å². The zero-order chi connectivity index (χ0) is 13.8. The molecule has 4 nitrogen and oxygen atoms in total. The monoisotopic (exact) mass is 261 g/mol. The molecule has 0 aromatic carbocycles. The summed E-state index contributed by atoms with van der Waals surface area (Å²) in [5, 5.41) is 4.32. The number of hydrogen-bond donors (Lipinski definition) is 0. The van der Waals surface area contributed by atoms with E-state index < -0.39 is 5.82 Å². The maximum absolute atomic E-state index is 13.4. The summed E-state index contributed by atoms with van der Waals surface area (Å²) in [6.07, 6.45) is 4.28. The molecule has 0 aliphatic heterocycles. The number of ketones is 1. The number of rotatable bonds is 5. The summed E-state index contributed by atoms with van der Waals surface area (Å²) in [7, 11) is 0. The predicted molar refractivity (Wildman–Crippen MR) is 69.5 cm³/mol. The van der Waals surface area contributed by atoms with E-state index in [-0.39, 0.29) is 23.9 Å². The van der Waals surface area contributed by atoms with Crippen molar-refractivity contribution in [2.45, 2.75) is 32.7 Å². The first-order chi connectivity index (χ1) is 9.11. The van der Waals surface area contributed by atoms with Gasteiger partial charge in [-0.3, -0.25) is 14.5 Å². The minimum absolute atomic E-state index is 0.0668. The van der Waals surface area contributed by atoms with Gasteiger partial charge in [0.15, 0.2) is 11.6 Å². The van der Waals surface area contributed by atoms with Crippen LogP contribution in [0.2, 0.25) is 0 Å². The van der Waals surface area contributed by atoms with Crippen LogP contribution in [-0.2, 0) is 6.42 Å². The maximum Gasteiger partial charge on any atom is 0.190 e. The van der Waals surface area contributed by atoms with Crippen LogP contribution in [0.3, 0.4) is 0 Å². The zero-order valence-electron chi connectivity index (χ0n) is 11.0. The smallest absolute Gasteiger partial charge is 0.190 e. The number of nitrogens with zero attached hydrogens (tertiary/aromatic N) is 3. The van der Waals surface area contributed by atoms with Crippen LogP contribution < -0.4 is 0 Å². The molecule has 0 spiro atoms. The third kappa shape index (κ3) is 3.05. The van der Waals surface area contributed by atoms with Crippen LogP contribution in [0.4, 0.5) is 4.39 Å². The van der Waals surface area contributed by atoms with E-state index >= 15 is 0 Å². The molecule has 0 fully saturated rings. The Bertz CT molecular complexity index is 580. The molecule has 0 radical (unpaired) electrons. The van der Waals surface area contributed by atoms with Gasteiger partial charge in [-0.25, -0.2) is 4.39 Å². The fourth-order valence-electron chi connectivity index (χ4n) is 1.74. The molecule has 0 N–H and O–H groups in total. The third-order valence-electron chi connectivity index (χ3n) is 3.07. The first kappa shape index (κ1) is 13.4. The maximum atomic E-state index is 13.4. The van der Waals surface area contributed by atoms with E-state index in [0.717, 1.165) is 6.42 Å². The van der Waals surface area contributed by atoms with E-state index in [1.54, 1.807) is 6.07 Å². The van der Waals surface area contributed by atoms with Crippen molar-refractivity contribution in [1.29, 1.82) is 0 Å². The standard InChI is InChI=1S/C14H16FN3O/c1-3-10(2)18-8-6-11(17-18)9-13(19)14-12(15)5-4-7-16-14/h4-8,10H,3,9H2,1-2H3. The average molecular weight is 261 g/mol. The van der Waals surface area contributed by atoms with Gasteiger partial charge < -0.3 is 0 Å². The molecule has 19 heavy (non-hydrogen) atoms. The fourth-order valence-corrected chi connectivity index (χ4v) is 1.74. The van der Waals surface area contributed by atoms with Gasteiger partial charge in [-0.05, 0) is 31.5 Å². The summed E-state index contributed by atoms with van der Waals surface area (Å²) in [5.41, 5.74) is 0.510. The second kappa shape index (κ2) is 5.73. The summed E-state index contributed by atoms with van der Waals surface area (Å²) in [5.74, 6) is -0.943. The molecule has 0 saturated carbocycles. The minimum atomic E-state index is -0.589. The molecule has 0 bridgehead atoms. The van der Waals surface area contributed by atoms with Crippen LogP contribution >= 0.6 is 0 Å². The zero-order valence-corrected chi connectivity index (χ0v) is 11.0. The van der Waals surface area contributed by atoms with Crippen molar-refractivity contribution in [3.8, 4) is 0 Å². The van der Waals surface area contributed by atoms with Crippen molar-refractivity contribution in [3.63, 3.8) is 0 Å². The van der Waals surface area contributed by atoms with Gasteiger partial charge in [-0.2, -0.15) is 5.10 Å². The average Bonchev–Trinajstić information content (AvgIpc) is 2.86. The Hall–Kier alpha value is -2.04. The van der Waals surface area contributed by atoms with E-state index in [4.69, 9.17) is 0 Å². The number of carbonyl (C=O) groups is 1. The SMILES string of the molecule is CCC(C)n1ccc(CC(=O)c2ncccc2F)n1. The summed E-state index contributed by atoms with van der Waals surface area (Å²) in [4.78, 5) is 15.7. The Morgan fingerprint density at radius 3 is 2.95 bits per heavy atom. The molecule has 0 amide bonds. The van der Waals surface area contributed by atoms with Crippen LogP contribution in [0.5, 0.6) is 0 Å². The topological polar surface area (TPSA) is 47.8 Å². The quantitative estimate of drug-likeness (QED) is 0.777. The number of halogens is 1. The van der Waals surface area contributed by atoms with Crippen LogP contribution in [0.15, 0.2) is 30.6 Å². The Labute approximate surface area is 111 Å². The second-order valence-corrected chi connectivity index (χ2v) is 4.48. The van der Waals surface area contributed by atoms with Gasteiger partial charge in [0, 0.05) is 18.4 Å². The molecule has 5 heteroatoms. The fraction of sp³-hybridized carbons (Fsp3) is 0.357. The molecule has 0 aliphatic carbocycles. The van der Waals surface area contributed by atoms with Gasteiger partial charge in [0.25, 0.3) is 0 Å². The highest BCUT2D eigenvalue weighted by Gasteiger charge is 2.15. The van der Waals surface area contributed by atoms with Crippen molar-refractivity contribution in [3.05, 3.63) is 47.8 Å². The molecule has 0 saturated heterocycles. The molecule has 0 aliphatic rings. The number of hydrogen-bond acceptors (Lipinski definition) is 3. The van der Waals surface area contributed by atoms with Gasteiger partial charge >= 0.3 is 0 Å². The molecule has 1 unspecified atom stereocenters. The summed E-state index contributed by atoms with van der Waals surface area (Å²) >= 11 is 0. The summed E-state index contributed by atoms with van der Waals surface area (Å²) in [6, 6.07) is 4.77. The van der Waals surface area contributed by atoms with Crippen LogP contribution in [-0.4, -0.2) is 20.5 Å². The Morgan fingerprint density at radius 1 is 1.47 bits per heavy atom. The van der Waals surface area contributed by atoms with Crippen molar-refractivity contribution in [2.75, 3.05) is 0 Å². The lowest BCUT2D eigenvalue weighted by atomic mass is 10.1. The minimum Gasteiger partial charge on any atom is -0.292 e. The molecule has 1 atom stereocenters. The highest BCUT2D eigenvalue weighted by atomic mass is 19.1. The van der Waals surface area contributed by atoms with Gasteiger partial charge in [-0.15, -0.1) is 0 Å². The van der Waals surface area contributed by atoms with E-state index in [1.807, 2.05) is 10.9 Å². The largest absolute Gasteiger partial charge is 0.292 e. The van der Waals surface area contributed by atoms with E-state index in [2.05, 4.69) is 23.9 Å². The number of Topliss-reactive ketones (excluding diaryl/α,β-unsaturated/α-hetero) is 1. The third-order valence-corrected chi connectivity index (χ3v) is 3.07. The molecule has 2 aromatic rings. The molecule has 2 aromatic heterocycles. The van der Waals surface area contributed by atoms with Crippen molar-refractivity contribution >= 4 is 5.78 Å². The lowest BCUT2D eigenvalue weighted by Crippen LogP contribution is -2.10. The Morgan fingerprint density at radius 2 is 2.26 bits per heavy atom. The lowest BCUT2D eigenvalue weighted by molar-refractivity contribution is 0.0982. The highest BCUT2D eigenvalue weighted by molar-refractivity contribution is 5.95. The number of pyridine rings is 1. The first-order valence-corrected chi connectivity index (χ1v) is 6.29. The van der Waals surface area contributed by atoms with Gasteiger partial charge in [-0.1, -0.05) is 6.92 Å². The van der Waals surface area contributed by atoms with Crippen molar-refractivity contribution in [1.82, 2.24) is 14.8 Å². The molecular weight excluding hydrogens is 245 g/mol. The van der Waals surface area contributed by atoms with E-state index in [0.29, 0.717) is 5.69 Å². The Balaban J connectivity index is 2.11. The predicted octanol–water partition coefficient (Wildman–Crippen LogP) is 2.81. The second-order valence-electron chi connectivity index (χ2n) is 4.48. The molecule has 2 heterocycles. The summed E-state index contributed by atoms with van der Waals surface area (Å²) < 4.78 is 15.2. The summed E-state index contributed by atoms with van der Waals surface area (Å²) in [6.45, 7) is 4.12.